The van der Waals surface area contributed by atoms with Gasteiger partial charge >= 0.3 is 0 Å². The summed E-state index contributed by atoms with van der Waals surface area (Å²) in [6, 6.07) is 5.84. The Labute approximate surface area is 125 Å². The number of nitrogens with zero attached hydrogens (tertiary/aromatic N) is 3. The summed E-state index contributed by atoms with van der Waals surface area (Å²) in [4.78, 5) is 10.6. The summed E-state index contributed by atoms with van der Waals surface area (Å²) < 4.78 is 0. The molecule has 0 aromatic carbocycles. The van der Waals surface area contributed by atoms with Crippen LogP contribution >= 0.6 is 24.0 Å². The van der Waals surface area contributed by atoms with Gasteiger partial charge in [-0.25, -0.2) is 9.98 Å². The lowest BCUT2D eigenvalue weighted by molar-refractivity contribution is 0.929. The smallest absolute Gasteiger partial charge is 0.189 e. The van der Waals surface area contributed by atoms with E-state index in [9.17, 15) is 0 Å². The molecule has 0 aliphatic carbocycles. The number of rotatable bonds is 5. The van der Waals surface area contributed by atoms with Crippen molar-refractivity contribution in [1.29, 1.82) is 0 Å². The fourth-order valence-corrected chi connectivity index (χ4v) is 1.20. The van der Waals surface area contributed by atoms with Crippen molar-refractivity contribution in [3.8, 4) is 0 Å². The standard InChI is InChI=1S/C12H19N5.HI/c1-4-8-14-12(13)15-9-10-6-5-7-11(16-10)17(2)3;/h4-7H,1,8-9H2,2-3H3,(H3,13,14,15);1H. The maximum atomic E-state index is 5.66. The lowest BCUT2D eigenvalue weighted by atomic mass is 10.3. The minimum Gasteiger partial charge on any atom is -0.370 e. The Morgan fingerprint density at radius 2 is 2.28 bits per heavy atom. The molecule has 0 saturated heterocycles. The highest BCUT2D eigenvalue weighted by atomic mass is 127. The number of hydrogen-bond donors (Lipinski definition) is 2. The Hall–Kier alpha value is -1.31. The molecular weight excluding hydrogens is 341 g/mol. The molecule has 1 aromatic rings. The van der Waals surface area contributed by atoms with Gasteiger partial charge in [0.1, 0.15) is 5.82 Å². The SMILES string of the molecule is C=CCNC(N)=NCc1cccc(N(C)C)n1.I. The third-order valence-electron chi connectivity index (χ3n) is 2.09. The molecule has 100 valence electrons. The van der Waals surface area contributed by atoms with Crippen molar-refractivity contribution in [2.24, 2.45) is 10.7 Å². The molecule has 0 spiro atoms. The van der Waals surface area contributed by atoms with E-state index in [2.05, 4.69) is 21.9 Å². The number of anilines is 1. The highest BCUT2D eigenvalue weighted by molar-refractivity contribution is 14.0. The maximum Gasteiger partial charge on any atom is 0.189 e. The largest absolute Gasteiger partial charge is 0.370 e. The van der Waals surface area contributed by atoms with Gasteiger partial charge in [0.15, 0.2) is 5.96 Å². The zero-order valence-corrected chi connectivity index (χ0v) is 13.1. The highest BCUT2D eigenvalue weighted by Gasteiger charge is 1.99. The van der Waals surface area contributed by atoms with E-state index in [4.69, 9.17) is 5.73 Å². The van der Waals surface area contributed by atoms with Crippen LogP contribution in [0.4, 0.5) is 5.82 Å². The number of aliphatic imine (C=N–C) groups is 1. The van der Waals surface area contributed by atoms with Crippen LogP contribution < -0.4 is 16.0 Å². The zero-order valence-electron chi connectivity index (χ0n) is 10.8. The van der Waals surface area contributed by atoms with Crippen molar-refractivity contribution in [2.45, 2.75) is 6.54 Å². The van der Waals surface area contributed by atoms with Gasteiger partial charge in [-0.3, -0.25) is 0 Å². The Morgan fingerprint density at radius 1 is 1.56 bits per heavy atom. The van der Waals surface area contributed by atoms with Gasteiger partial charge in [0.05, 0.1) is 12.2 Å². The van der Waals surface area contributed by atoms with Crippen molar-refractivity contribution >= 4 is 35.8 Å². The minimum absolute atomic E-state index is 0. The van der Waals surface area contributed by atoms with Crippen molar-refractivity contribution in [2.75, 3.05) is 25.5 Å². The quantitative estimate of drug-likeness (QED) is 0.360. The molecular formula is C12H20IN5. The topological polar surface area (TPSA) is 66.5 Å². The van der Waals surface area contributed by atoms with Crippen LogP contribution in [0, 0.1) is 0 Å². The monoisotopic (exact) mass is 361 g/mol. The second kappa shape index (κ2) is 8.73. The normalized spacial score (nSPS) is 10.4. The minimum atomic E-state index is 0. The number of nitrogens with one attached hydrogen (secondary N) is 1. The fraction of sp³-hybridized carbons (Fsp3) is 0.333. The van der Waals surface area contributed by atoms with Crippen LogP contribution in [0.25, 0.3) is 0 Å². The van der Waals surface area contributed by atoms with E-state index in [1.165, 1.54) is 0 Å². The van der Waals surface area contributed by atoms with Crippen LogP contribution in [-0.2, 0) is 6.54 Å². The first kappa shape index (κ1) is 16.7. The Kier molecular flexibility index (Phi) is 8.10. The number of pyridine rings is 1. The predicted octanol–water partition coefficient (Wildman–Crippen LogP) is 1.36. The summed E-state index contributed by atoms with van der Waals surface area (Å²) in [5, 5.41) is 2.91. The Morgan fingerprint density at radius 3 is 2.89 bits per heavy atom. The lowest BCUT2D eigenvalue weighted by Crippen LogP contribution is -2.31. The van der Waals surface area contributed by atoms with Crippen LogP contribution in [-0.4, -0.2) is 31.6 Å². The molecule has 0 fully saturated rings. The summed E-state index contributed by atoms with van der Waals surface area (Å²) in [6.45, 7) is 4.67. The number of guanidine groups is 1. The van der Waals surface area contributed by atoms with E-state index in [-0.39, 0.29) is 24.0 Å². The average Bonchev–Trinajstić information content (AvgIpc) is 2.34. The first-order valence-electron chi connectivity index (χ1n) is 5.41. The third kappa shape index (κ3) is 5.85. The molecule has 1 rings (SSSR count). The summed E-state index contributed by atoms with van der Waals surface area (Å²) in [7, 11) is 3.91. The van der Waals surface area contributed by atoms with Gasteiger partial charge < -0.3 is 16.0 Å². The summed E-state index contributed by atoms with van der Waals surface area (Å²) in [6.07, 6.45) is 1.73. The molecule has 1 heterocycles. The van der Waals surface area contributed by atoms with Crippen LogP contribution in [0.5, 0.6) is 0 Å². The van der Waals surface area contributed by atoms with E-state index in [1.807, 2.05) is 37.2 Å². The molecule has 5 nitrogen and oxygen atoms in total. The van der Waals surface area contributed by atoms with Crippen molar-refractivity contribution in [3.63, 3.8) is 0 Å². The third-order valence-corrected chi connectivity index (χ3v) is 2.09. The van der Waals surface area contributed by atoms with Crippen molar-refractivity contribution < 1.29 is 0 Å². The molecule has 0 saturated carbocycles. The Balaban J connectivity index is 0.00000289. The second-order valence-electron chi connectivity index (χ2n) is 3.75. The first-order valence-corrected chi connectivity index (χ1v) is 5.41. The van der Waals surface area contributed by atoms with Crippen LogP contribution in [0.15, 0.2) is 35.8 Å². The lowest BCUT2D eigenvalue weighted by Gasteiger charge is -2.11. The molecule has 0 radical (unpaired) electrons. The van der Waals surface area contributed by atoms with Gasteiger partial charge in [0.2, 0.25) is 0 Å². The number of aromatic nitrogens is 1. The molecule has 3 N–H and O–H groups in total. The van der Waals surface area contributed by atoms with Crippen LogP contribution in [0.2, 0.25) is 0 Å². The van der Waals surface area contributed by atoms with E-state index in [1.54, 1.807) is 6.08 Å². The van der Waals surface area contributed by atoms with Crippen LogP contribution in [0.1, 0.15) is 5.69 Å². The number of hydrogen-bond acceptors (Lipinski definition) is 3. The highest BCUT2D eigenvalue weighted by Crippen LogP contribution is 2.08. The van der Waals surface area contributed by atoms with E-state index >= 15 is 0 Å². The van der Waals surface area contributed by atoms with Gasteiger partial charge in [-0.2, -0.15) is 0 Å². The number of nitrogens with two attached hydrogens (primary N) is 1. The van der Waals surface area contributed by atoms with Gasteiger partial charge in [0.25, 0.3) is 0 Å². The average molecular weight is 361 g/mol. The first-order chi connectivity index (χ1) is 8.13. The molecule has 0 bridgehead atoms. The molecule has 0 unspecified atom stereocenters. The summed E-state index contributed by atoms with van der Waals surface area (Å²) in [5.41, 5.74) is 6.55. The van der Waals surface area contributed by atoms with E-state index in [0.29, 0.717) is 19.0 Å². The fourth-order valence-electron chi connectivity index (χ4n) is 1.20. The molecule has 0 aliphatic rings. The molecule has 0 amide bonds. The predicted molar refractivity (Wildman–Crippen MR) is 87.5 cm³/mol. The molecule has 18 heavy (non-hydrogen) atoms. The zero-order chi connectivity index (χ0) is 12.7. The van der Waals surface area contributed by atoms with E-state index in [0.717, 1.165) is 11.5 Å². The van der Waals surface area contributed by atoms with E-state index < -0.39 is 0 Å². The summed E-state index contributed by atoms with van der Waals surface area (Å²) >= 11 is 0. The molecule has 0 aliphatic heterocycles. The maximum absolute atomic E-state index is 5.66. The Bertz CT molecular complexity index is 403. The molecule has 1 aromatic heterocycles. The van der Waals surface area contributed by atoms with Gasteiger partial charge in [-0.1, -0.05) is 12.1 Å². The molecule has 0 atom stereocenters. The second-order valence-corrected chi connectivity index (χ2v) is 3.75. The van der Waals surface area contributed by atoms with Crippen molar-refractivity contribution in [1.82, 2.24) is 10.3 Å². The summed E-state index contributed by atoms with van der Waals surface area (Å²) in [5.74, 6) is 1.32. The van der Waals surface area contributed by atoms with Gasteiger partial charge in [-0.05, 0) is 12.1 Å². The van der Waals surface area contributed by atoms with Gasteiger partial charge in [-0.15, -0.1) is 30.6 Å². The van der Waals surface area contributed by atoms with Crippen molar-refractivity contribution in [3.05, 3.63) is 36.5 Å². The van der Waals surface area contributed by atoms with Crippen LogP contribution in [0.3, 0.4) is 0 Å². The molecule has 6 heteroatoms. The van der Waals surface area contributed by atoms with Gasteiger partial charge in [0, 0.05) is 20.6 Å². The number of halogens is 1.